The lowest BCUT2D eigenvalue weighted by molar-refractivity contribution is 0.674. The van der Waals surface area contributed by atoms with Gasteiger partial charge in [0.25, 0.3) is 0 Å². The van der Waals surface area contributed by atoms with Crippen LogP contribution in [0.3, 0.4) is 0 Å². The van der Waals surface area contributed by atoms with Gasteiger partial charge < -0.3 is 11.5 Å². The Kier molecular flexibility index (Phi) is 0.989. The highest BCUT2D eigenvalue weighted by molar-refractivity contribution is 5.47. The van der Waals surface area contributed by atoms with Crippen molar-refractivity contribution in [3.8, 4) is 0 Å². The Labute approximate surface area is 71.6 Å². The molecule has 2 fully saturated rings. The van der Waals surface area contributed by atoms with Crippen molar-refractivity contribution in [2.45, 2.75) is 12.0 Å². The fourth-order valence-electron chi connectivity index (χ4n) is 2.29. The Morgan fingerprint density at radius 1 is 1.17 bits per heavy atom. The number of hydrogen-bond donors (Lipinski definition) is 2. The van der Waals surface area contributed by atoms with E-state index in [2.05, 4.69) is 12.1 Å². The van der Waals surface area contributed by atoms with E-state index in [0.29, 0.717) is 6.04 Å². The van der Waals surface area contributed by atoms with E-state index < -0.39 is 0 Å². The second-order valence-electron chi connectivity index (χ2n) is 3.93. The molecular formula is C10H12N2. The summed E-state index contributed by atoms with van der Waals surface area (Å²) in [5, 5.41) is 0. The molecule has 0 aliphatic heterocycles. The fraction of sp³-hybridized carbons (Fsp3) is 0.400. The van der Waals surface area contributed by atoms with Crippen LogP contribution in [0.15, 0.2) is 24.3 Å². The van der Waals surface area contributed by atoms with Gasteiger partial charge in [-0.25, -0.2) is 0 Å². The molecule has 1 aromatic carbocycles. The highest BCUT2D eigenvalue weighted by Gasteiger charge is 2.71. The zero-order chi connectivity index (χ0) is 8.29. The Morgan fingerprint density at radius 3 is 2.50 bits per heavy atom. The minimum absolute atomic E-state index is 0.497. The molecular weight excluding hydrogens is 148 g/mol. The molecule has 3 rings (SSSR count). The molecule has 2 saturated carbocycles. The van der Waals surface area contributed by atoms with Crippen molar-refractivity contribution in [3.05, 3.63) is 29.8 Å². The fourth-order valence-corrected chi connectivity index (χ4v) is 2.29. The lowest BCUT2D eigenvalue weighted by atomic mass is 10.0. The van der Waals surface area contributed by atoms with Crippen LogP contribution in [0.2, 0.25) is 0 Å². The van der Waals surface area contributed by atoms with Crippen LogP contribution >= 0.6 is 0 Å². The molecule has 4 N–H and O–H groups in total. The molecule has 0 radical (unpaired) electrons. The van der Waals surface area contributed by atoms with Gasteiger partial charge in [0.15, 0.2) is 0 Å². The van der Waals surface area contributed by atoms with Crippen molar-refractivity contribution >= 4 is 5.69 Å². The predicted molar refractivity (Wildman–Crippen MR) is 48.6 cm³/mol. The molecule has 2 aliphatic rings. The van der Waals surface area contributed by atoms with E-state index in [9.17, 15) is 0 Å². The van der Waals surface area contributed by atoms with Crippen LogP contribution in [0, 0.1) is 11.8 Å². The van der Waals surface area contributed by atoms with Crippen molar-refractivity contribution in [2.75, 3.05) is 5.73 Å². The van der Waals surface area contributed by atoms with Crippen LogP contribution in [-0.4, -0.2) is 6.04 Å². The van der Waals surface area contributed by atoms with E-state index in [-0.39, 0.29) is 0 Å². The SMILES string of the molecule is Nc1cccc(C2C3C(N)C23)c1. The van der Waals surface area contributed by atoms with Gasteiger partial charge in [-0.05, 0) is 35.4 Å². The molecule has 0 aromatic heterocycles. The molecule has 2 atom stereocenters. The van der Waals surface area contributed by atoms with Crippen LogP contribution < -0.4 is 11.5 Å². The Bertz CT molecular complexity index is 324. The van der Waals surface area contributed by atoms with Gasteiger partial charge in [-0.1, -0.05) is 12.1 Å². The molecule has 2 nitrogen and oxygen atoms in total. The molecule has 2 aliphatic carbocycles. The van der Waals surface area contributed by atoms with Gasteiger partial charge in [0, 0.05) is 11.7 Å². The van der Waals surface area contributed by atoms with Gasteiger partial charge in [-0.2, -0.15) is 0 Å². The van der Waals surface area contributed by atoms with Crippen molar-refractivity contribution in [2.24, 2.45) is 17.6 Å². The van der Waals surface area contributed by atoms with Crippen molar-refractivity contribution in [1.82, 2.24) is 0 Å². The molecule has 0 bridgehead atoms. The van der Waals surface area contributed by atoms with Gasteiger partial charge >= 0.3 is 0 Å². The zero-order valence-electron chi connectivity index (χ0n) is 6.77. The van der Waals surface area contributed by atoms with Gasteiger partial charge in [0.1, 0.15) is 0 Å². The Hall–Kier alpha value is -1.02. The summed E-state index contributed by atoms with van der Waals surface area (Å²) in [5.74, 6) is 2.31. The van der Waals surface area contributed by atoms with E-state index >= 15 is 0 Å². The smallest absolute Gasteiger partial charge is 0.0316 e. The predicted octanol–water partition coefficient (Wildman–Crippen LogP) is 0.939. The Morgan fingerprint density at radius 2 is 1.92 bits per heavy atom. The molecule has 0 spiro atoms. The highest BCUT2D eigenvalue weighted by Crippen LogP contribution is 2.72. The monoisotopic (exact) mass is 160 g/mol. The minimum Gasteiger partial charge on any atom is -0.399 e. The lowest BCUT2D eigenvalue weighted by Gasteiger charge is -2.08. The first-order chi connectivity index (χ1) is 5.79. The molecule has 62 valence electrons. The first kappa shape index (κ1) is 6.49. The van der Waals surface area contributed by atoms with Crippen LogP contribution in [-0.2, 0) is 0 Å². The Balaban J connectivity index is 1.86. The number of rotatable bonds is 1. The summed E-state index contributed by atoms with van der Waals surface area (Å²) in [6, 6.07) is 8.67. The number of nitrogens with two attached hydrogens (primary N) is 2. The molecule has 2 unspecified atom stereocenters. The second kappa shape index (κ2) is 1.83. The lowest BCUT2D eigenvalue weighted by Crippen LogP contribution is -2.14. The van der Waals surface area contributed by atoms with Gasteiger partial charge in [-0.15, -0.1) is 0 Å². The molecule has 1 aromatic rings. The van der Waals surface area contributed by atoms with Gasteiger partial charge in [0.2, 0.25) is 0 Å². The van der Waals surface area contributed by atoms with Crippen LogP contribution in [0.1, 0.15) is 11.5 Å². The summed E-state index contributed by atoms with van der Waals surface area (Å²) in [6.07, 6.45) is 0. The average Bonchev–Trinajstić information content (AvgIpc) is 2.90. The van der Waals surface area contributed by atoms with E-state index in [1.165, 1.54) is 5.56 Å². The first-order valence-electron chi connectivity index (χ1n) is 4.40. The number of hydrogen-bond acceptors (Lipinski definition) is 2. The summed E-state index contributed by atoms with van der Waals surface area (Å²) >= 11 is 0. The van der Waals surface area contributed by atoms with Gasteiger partial charge in [0.05, 0.1) is 0 Å². The zero-order valence-corrected chi connectivity index (χ0v) is 6.77. The standard InChI is InChI=1S/C10H12N2/c11-6-3-1-2-5(4-6)7-8-9(7)10(8)12/h1-4,7-10H,11-12H2. The van der Waals surface area contributed by atoms with E-state index in [1.54, 1.807) is 0 Å². The van der Waals surface area contributed by atoms with Gasteiger partial charge in [-0.3, -0.25) is 0 Å². The quantitative estimate of drug-likeness (QED) is 0.601. The topological polar surface area (TPSA) is 52.0 Å². The van der Waals surface area contributed by atoms with E-state index in [1.807, 2.05) is 12.1 Å². The number of anilines is 1. The normalized spacial score (nSPS) is 42.1. The maximum absolute atomic E-state index is 5.75. The van der Waals surface area contributed by atoms with Crippen molar-refractivity contribution < 1.29 is 0 Å². The second-order valence-corrected chi connectivity index (χ2v) is 3.93. The third-order valence-corrected chi connectivity index (χ3v) is 3.18. The van der Waals surface area contributed by atoms with E-state index in [0.717, 1.165) is 23.4 Å². The summed E-state index contributed by atoms with van der Waals surface area (Å²) in [4.78, 5) is 0. The third-order valence-electron chi connectivity index (χ3n) is 3.18. The number of benzene rings is 1. The first-order valence-corrected chi connectivity index (χ1v) is 4.40. The summed E-state index contributed by atoms with van der Waals surface area (Å²) in [5.41, 5.74) is 13.7. The summed E-state index contributed by atoms with van der Waals surface area (Å²) in [7, 11) is 0. The molecule has 0 saturated heterocycles. The highest BCUT2D eigenvalue weighted by atomic mass is 14.9. The third kappa shape index (κ3) is 0.681. The van der Waals surface area contributed by atoms with Crippen LogP contribution in [0.25, 0.3) is 0 Å². The largest absolute Gasteiger partial charge is 0.399 e. The average molecular weight is 160 g/mol. The maximum Gasteiger partial charge on any atom is 0.0316 e. The summed E-state index contributed by atoms with van der Waals surface area (Å²) < 4.78 is 0. The molecule has 0 heterocycles. The van der Waals surface area contributed by atoms with Crippen molar-refractivity contribution in [3.63, 3.8) is 0 Å². The number of nitrogen functional groups attached to an aromatic ring is 1. The summed E-state index contributed by atoms with van der Waals surface area (Å²) in [6.45, 7) is 0. The number of fused-ring (bicyclic) bond motifs is 1. The molecule has 0 amide bonds. The van der Waals surface area contributed by atoms with Crippen LogP contribution in [0.4, 0.5) is 5.69 Å². The molecule has 12 heavy (non-hydrogen) atoms. The van der Waals surface area contributed by atoms with Crippen LogP contribution in [0.5, 0.6) is 0 Å². The van der Waals surface area contributed by atoms with E-state index in [4.69, 9.17) is 11.5 Å². The van der Waals surface area contributed by atoms with Crippen molar-refractivity contribution in [1.29, 1.82) is 0 Å². The minimum atomic E-state index is 0.497. The molecule has 2 heteroatoms. The maximum atomic E-state index is 5.75.